The first-order valence-electron chi connectivity index (χ1n) is 4.58. The van der Waals surface area contributed by atoms with E-state index < -0.39 is 5.97 Å². The molecule has 0 aliphatic heterocycles. The van der Waals surface area contributed by atoms with Crippen molar-refractivity contribution in [1.29, 1.82) is 0 Å². The maximum atomic E-state index is 9.37. The van der Waals surface area contributed by atoms with Crippen LogP contribution in [0.3, 0.4) is 0 Å². The van der Waals surface area contributed by atoms with Gasteiger partial charge in [0, 0.05) is 28.0 Å². The second-order valence-electron chi connectivity index (χ2n) is 2.96. The summed E-state index contributed by atoms with van der Waals surface area (Å²) in [5.41, 5.74) is 1.18. The molecular weight excluding hydrogens is 258 g/mol. The van der Waals surface area contributed by atoms with E-state index in [-0.39, 0.29) is 6.42 Å². The number of rotatable bonds is 1. The van der Waals surface area contributed by atoms with Crippen LogP contribution in [0.1, 0.15) is 13.3 Å². The lowest BCUT2D eigenvalue weighted by Crippen LogP contribution is -1.86. The molecule has 4 heteroatoms. The smallest absolute Gasteiger partial charge is 0.303 e. The van der Waals surface area contributed by atoms with Crippen LogP contribution in [0.15, 0.2) is 34.9 Å². The zero-order chi connectivity index (χ0) is 11.3. The first-order valence-corrected chi connectivity index (χ1v) is 5.37. The number of benzene rings is 1. The van der Waals surface area contributed by atoms with Gasteiger partial charge < -0.3 is 10.1 Å². The summed E-state index contributed by atoms with van der Waals surface area (Å²) in [6, 6.07) is 8.23. The third kappa shape index (κ3) is 3.75. The van der Waals surface area contributed by atoms with Crippen LogP contribution in [0.2, 0.25) is 0 Å². The summed E-state index contributed by atoms with van der Waals surface area (Å²) in [5, 5.41) is 8.97. The first-order chi connectivity index (χ1) is 7.13. The molecule has 3 nitrogen and oxygen atoms in total. The van der Waals surface area contributed by atoms with Crippen LogP contribution in [0, 0.1) is 0 Å². The molecule has 2 aromatic rings. The average molecular weight is 270 g/mol. The summed E-state index contributed by atoms with van der Waals surface area (Å²) in [4.78, 5) is 12.5. The summed E-state index contributed by atoms with van der Waals surface area (Å²) < 4.78 is 1.12. The molecule has 0 saturated heterocycles. The fraction of sp³-hybridized carbons (Fsp3) is 0.182. The van der Waals surface area contributed by atoms with Crippen LogP contribution in [-0.4, -0.2) is 16.1 Å². The maximum Gasteiger partial charge on any atom is 0.303 e. The van der Waals surface area contributed by atoms with Crippen LogP contribution >= 0.6 is 15.9 Å². The van der Waals surface area contributed by atoms with Gasteiger partial charge in [-0.3, -0.25) is 4.79 Å². The van der Waals surface area contributed by atoms with Crippen molar-refractivity contribution in [2.45, 2.75) is 13.3 Å². The molecular formula is C11H12BrNO2. The van der Waals surface area contributed by atoms with Crippen molar-refractivity contribution in [2.75, 3.05) is 0 Å². The van der Waals surface area contributed by atoms with Crippen molar-refractivity contribution < 1.29 is 9.90 Å². The maximum absolute atomic E-state index is 9.37. The number of hydrogen-bond acceptors (Lipinski definition) is 1. The molecule has 0 radical (unpaired) electrons. The Hall–Kier alpha value is -1.29. The normalized spacial score (nSPS) is 9.47. The van der Waals surface area contributed by atoms with Crippen LogP contribution in [0.4, 0.5) is 0 Å². The summed E-state index contributed by atoms with van der Waals surface area (Å²) >= 11 is 3.40. The van der Waals surface area contributed by atoms with E-state index in [0.717, 1.165) is 4.47 Å². The zero-order valence-corrected chi connectivity index (χ0v) is 9.91. The Morgan fingerprint density at radius 2 is 2.13 bits per heavy atom. The van der Waals surface area contributed by atoms with Gasteiger partial charge in [-0.1, -0.05) is 22.9 Å². The molecule has 80 valence electrons. The second kappa shape index (κ2) is 5.56. The first kappa shape index (κ1) is 11.8. The number of carbonyl (C=O) groups is 1. The number of fused-ring (bicyclic) bond motifs is 1. The molecule has 0 spiro atoms. The Morgan fingerprint density at radius 3 is 2.73 bits per heavy atom. The molecule has 0 aliphatic carbocycles. The van der Waals surface area contributed by atoms with E-state index in [4.69, 9.17) is 5.11 Å². The van der Waals surface area contributed by atoms with Gasteiger partial charge in [-0.15, -0.1) is 0 Å². The van der Waals surface area contributed by atoms with Gasteiger partial charge in [-0.05, 0) is 24.3 Å². The van der Waals surface area contributed by atoms with Gasteiger partial charge in [0.1, 0.15) is 0 Å². The van der Waals surface area contributed by atoms with Crippen molar-refractivity contribution in [3.05, 3.63) is 34.9 Å². The predicted octanol–water partition coefficient (Wildman–Crippen LogP) is 3.41. The van der Waals surface area contributed by atoms with E-state index >= 15 is 0 Å². The number of H-pyrrole nitrogens is 1. The molecule has 1 aromatic carbocycles. The zero-order valence-electron chi connectivity index (χ0n) is 8.33. The number of aromatic nitrogens is 1. The summed E-state index contributed by atoms with van der Waals surface area (Å²) in [6.45, 7) is 1.60. The fourth-order valence-corrected chi connectivity index (χ4v) is 1.40. The molecule has 1 heterocycles. The monoisotopic (exact) mass is 269 g/mol. The van der Waals surface area contributed by atoms with Crippen LogP contribution in [-0.2, 0) is 4.79 Å². The standard InChI is InChI=1S/C8H6BrN.C3H6O2/c9-7-1-2-8-6(5-7)3-4-10-8;1-2-3(4)5/h1-5,10H;2H2,1H3,(H,4,5). The highest BCUT2D eigenvalue weighted by Crippen LogP contribution is 2.17. The lowest BCUT2D eigenvalue weighted by molar-refractivity contribution is -0.136. The van der Waals surface area contributed by atoms with E-state index in [1.807, 2.05) is 12.3 Å². The molecule has 2 N–H and O–H groups in total. The van der Waals surface area contributed by atoms with Crippen LogP contribution in [0.5, 0.6) is 0 Å². The van der Waals surface area contributed by atoms with Gasteiger partial charge >= 0.3 is 5.97 Å². The molecule has 0 aliphatic rings. The van der Waals surface area contributed by atoms with E-state index in [2.05, 4.69) is 39.1 Å². The number of carboxylic acid groups (broad SMARTS) is 1. The molecule has 0 unspecified atom stereocenters. The molecule has 2 rings (SSSR count). The minimum Gasteiger partial charge on any atom is -0.481 e. The molecule has 1 aromatic heterocycles. The average Bonchev–Trinajstić information content (AvgIpc) is 2.65. The van der Waals surface area contributed by atoms with Gasteiger partial charge in [0.05, 0.1) is 0 Å². The molecule has 0 fully saturated rings. The minimum atomic E-state index is -0.745. The van der Waals surface area contributed by atoms with Crippen molar-refractivity contribution >= 4 is 32.8 Å². The molecule has 0 amide bonds. The summed E-state index contributed by atoms with van der Waals surface area (Å²) in [7, 11) is 0. The SMILES string of the molecule is Brc1ccc2[nH]ccc2c1.CCC(=O)O. The third-order valence-electron chi connectivity index (χ3n) is 1.82. The second-order valence-corrected chi connectivity index (χ2v) is 3.87. The van der Waals surface area contributed by atoms with Crippen molar-refractivity contribution in [3.63, 3.8) is 0 Å². The number of carboxylic acids is 1. The van der Waals surface area contributed by atoms with E-state index in [1.54, 1.807) is 6.92 Å². The lowest BCUT2D eigenvalue weighted by Gasteiger charge is -1.88. The van der Waals surface area contributed by atoms with Crippen molar-refractivity contribution in [3.8, 4) is 0 Å². The quantitative estimate of drug-likeness (QED) is 0.834. The summed E-state index contributed by atoms with van der Waals surface area (Å²) in [5.74, 6) is -0.745. The van der Waals surface area contributed by atoms with Gasteiger partial charge in [-0.2, -0.15) is 0 Å². The number of aliphatic carboxylic acids is 1. The molecule has 0 bridgehead atoms. The van der Waals surface area contributed by atoms with Gasteiger partial charge in [0.2, 0.25) is 0 Å². The number of halogens is 1. The van der Waals surface area contributed by atoms with E-state index in [1.165, 1.54) is 10.9 Å². The fourth-order valence-electron chi connectivity index (χ4n) is 1.02. The highest BCUT2D eigenvalue weighted by Gasteiger charge is 1.92. The number of nitrogens with one attached hydrogen (secondary N) is 1. The predicted molar refractivity (Wildman–Crippen MR) is 63.9 cm³/mol. The summed E-state index contributed by atoms with van der Waals surface area (Å²) in [6.07, 6.45) is 2.16. The topological polar surface area (TPSA) is 53.1 Å². The van der Waals surface area contributed by atoms with E-state index in [0.29, 0.717) is 0 Å². The highest BCUT2D eigenvalue weighted by atomic mass is 79.9. The van der Waals surface area contributed by atoms with E-state index in [9.17, 15) is 4.79 Å². The third-order valence-corrected chi connectivity index (χ3v) is 2.31. The van der Waals surface area contributed by atoms with Gasteiger partial charge in [-0.25, -0.2) is 0 Å². The largest absolute Gasteiger partial charge is 0.481 e. The molecule has 15 heavy (non-hydrogen) atoms. The Labute approximate surface area is 96.2 Å². The van der Waals surface area contributed by atoms with Crippen LogP contribution < -0.4 is 0 Å². The van der Waals surface area contributed by atoms with Crippen molar-refractivity contribution in [2.24, 2.45) is 0 Å². The molecule has 0 atom stereocenters. The lowest BCUT2D eigenvalue weighted by atomic mass is 10.3. The Balaban J connectivity index is 0.000000195. The Kier molecular flexibility index (Phi) is 4.37. The van der Waals surface area contributed by atoms with Gasteiger partial charge in [0.15, 0.2) is 0 Å². The van der Waals surface area contributed by atoms with Gasteiger partial charge in [0.25, 0.3) is 0 Å². The molecule has 0 saturated carbocycles. The number of aromatic amines is 1. The minimum absolute atomic E-state index is 0.222. The highest BCUT2D eigenvalue weighted by molar-refractivity contribution is 9.10. The van der Waals surface area contributed by atoms with Crippen molar-refractivity contribution in [1.82, 2.24) is 4.98 Å². The van der Waals surface area contributed by atoms with Crippen LogP contribution in [0.25, 0.3) is 10.9 Å². The Bertz CT molecular complexity index is 451. The Morgan fingerprint density at radius 1 is 1.47 bits per heavy atom. The number of hydrogen-bond donors (Lipinski definition) is 2.